The van der Waals surface area contributed by atoms with Crippen molar-refractivity contribution in [3.8, 4) is 0 Å². The van der Waals surface area contributed by atoms with Crippen molar-refractivity contribution < 1.29 is 26.2 Å². The Labute approximate surface area is 87.2 Å². The normalized spacial score (nSPS) is 11.6. The summed E-state index contributed by atoms with van der Waals surface area (Å²) in [6.45, 7) is 0. The van der Waals surface area contributed by atoms with Crippen molar-refractivity contribution in [2.75, 3.05) is 0 Å². The molecule has 6 nitrogen and oxygen atoms in total. The van der Waals surface area contributed by atoms with Crippen LogP contribution in [0.3, 0.4) is 0 Å². The van der Waals surface area contributed by atoms with E-state index in [-0.39, 0.29) is 16.7 Å². The first kappa shape index (κ1) is 11.8. The summed E-state index contributed by atoms with van der Waals surface area (Å²) in [6.07, 6.45) is 0.213. The molecule has 1 aromatic rings. The van der Waals surface area contributed by atoms with Crippen LogP contribution in [0.1, 0.15) is 10.4 Å². The second-order valence-corrected chi connectivity index (χ2v) is 4.99. The van der Waals surface area contributed by atoms with Gasteiger partial charge in [-0.05, 0) is 18.2 Å². The Bertz CT molecular complexity index is 561. The molecule has 82 valence electrons. The molecule has 0 unspecified atom stereocenters. The Kier molecular flexibility index (Phi) is 3.22. The molecule has 0 atom stereocenters. The summed E-state index contributed by atoms with van der Waals surface area (Å²) in [5, 5.41) is 0. The summed E-state index contributed by atoms with van der Waals surface area (Å²) in [5.74, 6) is 0. The molecule has 0 aliphatic carbocycles. The van der Waals surface area contributed by atoms with E-state index in [0.29, 0.717) is 0 Å². The predicted octanol–water partition coefficient (Wildman–Crippen LogP) is -0.284. The maximum atomic E-state index is 10.8. The van der Waals surface area contributed by atoms with E-state index in [0.717, 1.165) is 18.2 Å². The second kappa shape index (κ2) is 4.09. The summed E-state index contributed by atoms with van der Waals surface area (Å²) in [4.78, 5) is 9.43. The fourth-order valence-electron chi connectivity index (χ4n) is 0.957. The van der Waals surface area contributed by atoms with Gasteiger partial charge in [0.2, 0.25) is 0 Å². The Morgan fingerprint density at radius 3 is 2.27 bits per heavy atom. The Morgan fingerprint density at radius 1 is 1.27 bits per heavy atom. The van der Waals surface area contributed by atoms with Crippen molar-refractivity contribution in [3.05, 3.63) is 23.8 Å². The van der Waals surface area contributed by atoms with Gasteiger partial charge in [-0.25, -0.2) is 8.42 Å². The summed E-state index contributed by atoms with van der Waals surface area (Å²) in [7, 11) is -7.57. The number of aldehydes is 1. The smallest absolute Gasteiger partial charge is 0.295 e. The van der Waals surface area contributed by atoms with Gasteiger partial charge >= 0.3 is 0 Å². The van der Waals surface area contributed by atoms with Crippen LogP contribution in [0.2, 0.25) is 0 Å². The van der Waals surface area contributed by atoms with Crippen molar-refractivity contribution in [1.82, 2.24) is 0 Å². The van der Waals surface area contributed by atoms with Crippen LogP contribution in [-0.2, 0) is 20.8 Å². The van der Waals surface area contributed by atoms with E-state index >= 15 is 0 Å². The predicted molar refractivity (Wildman–Crippen MR) is 50.2 cm³/mol. The van der Waals surface area contributed by atoms with Crippen molar-refractivity contribution in [1.29, 1.82) is 0 Å². The SMILES string of the molecule is O=Cc1ccc([SH](=O)=O)cc1S(=O)(=O)O. The zero-order valence-electron chi connectivity index (χ0n) is 7.15. The number of benzene rings is 1. The highest BCUT2D eigenvalue weighted by atomic mass is 32.2. The molecule has 0 heterocycles. The Morgan fingerprint density at radius 2 is 1.87 bits per heavy atom. The molecule has 1 aromatic carbocycles. The molecule has 0 spiro atoms. The number of thiol groups is 1. The molecule has 0 fully saturated rings. The van der Waals surface area contributed by atoms with Crippen molar-refractivity contribution in [2.45, 2.75) is 9.79 Å². The van der Waals surface area contributed by atoms with E-state index in [2.05, 4.69) is 0 Å². The van der Waals surface area contributed by atoms with Crippen LogP contribution in [0.4, 0.5) is 0 Å². The van der Waals surface area contributed by atoms with E-state index in [9.17, 15) is 21.6 Å². The molecule has 0 saturated carbocycles. The number of hydrogen-bond donors (Lipinski definition) is 2. The van der Waals surface area contributed by atoms with Crippen LogP contribution in [0.5, 0.6) is 0 Å². The molecule has 0 aliphatic rings. The summed E-state index contributed by atoms with van der Waals surface area (Å²) < 4.78 is 51.4. The fraction of sp³-hybridized carbons (Fsp3) is 0. The lowest BCUT2D eigenvalue weighted by Crippen LogP contribution is -2.03. The number of hydrogen-bond acceptors (Lipinski definition) is 5. The van der Waals surface area contributed by atoms with Gasteiger partial charge < -0.3 is 0 Å². The molecular weight excluding hydrogens is 244 g/mol. The Balaban J connectivity index is 3.59. The largest absolute Gasteiger partial charge is 0.298 e. The van der Waals surface area contributed by atoms with Crippen LogP contribution in [0.15, 0.2) is 28.0 Å². The third-order valence-corrected chi connectivity index (χ3v) is 3.22. The fourth-order valence-corrected chi connectivity index (χ4v) is 2.17. The summed E-state index contributed by atoms with van der Waals surface area (Å²) >= 11 is 0. The van der Waals surface area contributed by atoms with Gasteiger partial charge in [0.15, 0.2) is 17.0 Å². The van der Waals surface area contributed by atoms with Crippen molar-refractivity contribution in [2.24, 2.45) is 0 Å². The standard InChI is InChI=1S/C7H6O6S2/c8-4-5-1-2-6(14(9)10)3-7(5)15(11,12)13/h1-4,14H,(H,11,12,13). The highest BCUT2D eigenvalue weighted by molar-refractivity contribution is 7.86. The minimum atomic E-state index is -4.60. The maximum absolute atomic E-state index is 10.8. The first-order valence-corrected chi connectivity index (χ1v) is 6.19. The van der Waals surface area contributed by atoms with E-state index in [1.54, 1.807) is 0 Å². The molecule has 0 amide bonds. The van der Waals surface area contributed by atoms with E-state index in [1.165, 1.54) is 0 Å². The van der Waals surface area contributed by atoms with Crippen LogP contribution >= 0.6 is 0 Å². The van der Waals surface area contributed by atoms with Crippen molar-refractivity contribution in [3.63, 3.8) is 0 Å². The van der Waals surface area contributed by atoms with Gasteiger partial charge in [0, 0.05) is 5.56 Å². The zero-order valence-corrected chi connectivity index (χ0v) is 8.86. The zero-order chi connectivity index (χ0) is 11.6. The lowest BCUT2D eigenvalue weighted by atomic mass is 10.2. The molecule has 0 aromatic heterocycles. The Hall–Kier alpha value is -1.25. The molecule has 1 N–H and O–H groups in total. The van der Waals surface area contributed by atoms with Gasteiger partial charge in [0.25, 0.3) is 10.1 Å². The first-order chi connectivity index (χ1) is 6.86. The lowest BCUT2D eigenvalue weighted by molar-refractivity contribution is 0.112. The number of carbonyl (C=O) groups is 1. The molecule has 8 heteroatoms. The minimum Gasteiger partial charge on any atom is -0.298 e. The van der Waals surface area contributed by atoms with Gasteiger partial charge in [0.1, 0.15) is 4.90 Å². The third-order valence-electron chi connectivity index (χ3n) is 1.61. The van der Waals surface area contributed by atoms with E-state index in [4.69, 9.17) is 4.55 Å². The molecule has 0 aliphatic heterocycles. The molecule has 1 rings (SSSR count). The average Bonchev–Trinajstić information content (AvgIpc) is 2.15. The number of carbonyl (C=O) groups excluding carboxylic acids is 1. The monoisotopic (exact) mass is 250 g/mol. The maximum Gasteiger partial charge on any atom is 0.295 e. The van der Waals surface area contributed by atoms with Crippen molar-refractivity contribution >= 4 is 27.1 Å². The highest BCUT2D eigenvalue weighted by Crippen LogP contribution is 2.16. The number of rotatable bonds is 3. The van der Waals surface area contributed by atoms with Crippen LogP contribution in [0, 0.1) is 0 Å². The molecule has 0 saturated heterocycles. The van der Waals surface area contributed by atoms with Gasteiger partial charge in [-0.1, -0.05) is 0 Å². The topological polar surface area (TPSA) is 106 Å². The van der Waals surface area contributed by atoms with E-state index in [1.807, 2.05) is 0 Å². The average molecular weight is 250 g/mol. The summed E-state index contributed by atoms with van der Waals surface area (Å²) in [5.41, 5.74) is -0.293. The molecule has 0 radical (unpaired) electrons. The van der Waals surface area contributed by atoms with Crippen LogP contribution < -0.4 is 0 Å². The molecule has 15 heavy (non-hydrogen) atoms. The van der Waals surface area contributed by atoms with Crippen LogP contribution in [0.25, 0.3) is 0 Å². The van der Waals surface area contributed by atoms with Gasteiger partial charge in [-0.3, -0.25) is 9.35 Å². The quantitative estimate of drug-likeness (QED) is 0.434. The minimum absolute atomic E-state index is 0.213. The van der Waals surface area contributed by atoms with Gasteiger partial charge in [-0.15, -0.1) is 0 Å². The second-order valence-electron chi connectivity index (χ2n) is 2.57. The van der Waals surface area contributed by atoms with E-state index < -0.39 is 25.7 Å². The summed E-state index contributed by atoms with van der Waals surface area (Å²) in [6, 6.07) is 2.81. The lowest BCUT2D eigenvalue weighted by Gasteiger charge is -2.01. The first-order valence-electron chi connectivity index (χ1n) is 3.57. The molecular formula is C7H6O6S2. The van der Waals surface area contributed by atoms with Gasteiger partial charge in [-0.2, -0.15) is 8.42 Å². The third kappa shape index (κ3) is 2.61. The van der Waals surface area contributed by atoms with Crippen LogP contribution in [-0.4, -0.2) is 27.7 Å². The highest BCUT2D eigenvalue weighted by Gasteiger charge is 2.16. The van der Waals surface area contributed by atoms with Gasteiger partial charge in [0.05, 0.1) is 4.90 Å². The molecule has 0 bridgehead atoms.